The van der Waals surface area contributed by atoms with Crippen molar-refractivity contribution in [2.45, 2.75) is 46.1 Å². The van der Waals surface area contributed by atoms with Gasteiger partial charge in [-0.2, -0.15) is 0 Å². The van der Waals surface area contributed by atoms with Crippen LogP contribution in [0.25, 0.3) is 0 Å². The lowest BCUT2D eigenvalue weighted by atomic mass is 9.91. The Bertz CT molecular complexity index is 209. The van der Waals surface area contributed by atoms with Gasteiger partial charge in [-0.1, -0.05) is 20.8 Å². The van der Waals surface area contributed by atoms with Gasteiger partial charge in [0.1, 0.15) is 0 Å². The van der Waals surface area contributed by atoms with Crippen LogP contribution in [0.3, 0.4) is 0 Å². The molecule has 1 saturated heterocycles. The maximum absolute atomic E-state index is 3.59. The minimum Gasteiger partial charge on any atom is -0.311 e. The van der Waals surface area contributed by atoms with Crippen molar-refractivity contribution in [3.05, 3.63) is 0 Å². The van der Waals surface area contributed by atoms with Gasteiger partial charge in [-0.15, -0.1) is 0 Å². The van der Waals surface area contributed by atoms with Crippen molar-refractivity contribution < 1.29 is 0 Å². The first-order chi connectivity index (χ1) is 7.16. The number of hydrogen-bond acceptors (Lipinski definition) is 2. The first kappa shape index (κ1) is 11.4. The second-order valence-electron chi connectivity index (χ2n) is 5.81. The van der Waals surface area contributed by atoms with E-state index < -0.39 is 0 Å². The van der Waals surface area contributed by atoms with Crippen LogP contribution in [0.4, 0.5) is 0 Å². The highest BCUT2D eigenvalue weighted by Gasteiger charge is 2.46. The molecular weight excluding hydrogens is 184 g/mol. The summed E-state index contributed by atoms with van der Waals surface area (Å²) in [7, 11) is 0. The summed E-state index contributed by atoms with van der Waals surface area (Å²) in [6.45, 7) is 12.1. The number of hydrogen-bond donors (Lipinski definition) is 1. The van der Waals surface area contributed by atoms with Gasteiger partial charge in [0, 0.05) is 32.2 Å². The highest BCUT2D eigenvalue weighted by molar-refractivity contribution is 4.98. The third-order valence-electron chi connectivity index (χ3n) is 4.49. The van der Waals surface area contributed by atoms with Gasteiger partial charge < -0.3 is 5.32 Å². The minimum atomic E-state index is 0.690. The van der Waals surface area contributed by atoms with E-state index in [1.807, 2.05) is 0 Å². The molecular formula is C13H26N2. The molecule has 0 spiro atoms. The van der Waals surface area contributed by atoms with Gasteiger partial charge in [-0.05, 0) is 30.6 Å². The summed E-state index contributed by atoms with van der Waals surface area (Å²) in [6.07, 6.45) is 4.20. The molecule has 0 aromatic carbocycles. The predicted octanol–water partition coefficient (Wildman–Crippen LogP) is 2.11. The van der Waals surface area contributed by atoms with Crippen molar-refractivity contribution >= 4 is 0 Å². The molecule has 1 aliphatic carbocycles. The summed E-state index contributed by atoms with van der Waals surface area (Å²) >= 11 is 0. The van der Waals surface area contributed by atoms with Gasteiger partial charge in [0.05, 0.1) is 0 Å². The number of nitrogens with one attached hydrogen (secondary N) is 1. The summed E-state index contributed by atoms with van der Waals surface area (Å²) < 4.78 is 0. The Morgan fingerprint density at radius 1 is 1.40 bits per heavy atom. The van der Waals surface area contributed by atoms with E-state index in [-0.39, 0.29) is 0 Å². The Morgan fingerprint density at radius 3 is 2.67 bits per heavy atom. The molecule has 2 heteroatoms. The average molecular weight is 210 g/mol. The molecule has 0 aromatic heterocycles. The van der Waals surface area contributed by atoms with E-state index in [0.717, 1.165) is 12.0 Å². The summed E-state index contributed by atoms with van der Waals surface area (Å²) in [6, 6.07) is 0.738. The molecule has 1 saturated carbocycles. The fourth-order valence-electron chi connectivity index (χ4n) is 2.84. The van der Waals surface area contributed by atoms with Gasteiger partial charge in [0.25, 0.3) is 0 Å². The molecule has 1 aliphatic heterocycles. The van der Waals surface area contributed by atoms with E-state index in [0.29, 0.717) is 5.41 Å². The van der Waals surface area contributed by atoms with Crippen LogP contribution in [-0.2, 0) is 0 Å². The summed E-state index contributed by atoms with van der Waals surface area (Å²) in [5.74, 6) is 0.868. The zero-order valence-corrected chi connectivity index (χ0v) is 10.6. The van der Waals surface area contributed by atoms with Gasteiger partial charge in [-0.3, -0.25) is 4.90 Å². The second kappa shape index (κ2) is 4.42. The normalized spacial score (nSPS) is 30.8. The predicted molar refractivity (Wildman–Crippen MR) is 65.0 cm³/mol. The Hall–Kier alpha value is -0.0800. The maximum atomic E-state index is 3.59. The highest BCUT2D eigenvalue weighted by Crippen LogP contribution is 2.52. The van der Waals surface area contributed by atoms with E-state index >= 15 is 0 Å². The van der Waals surface area contributed by atoms with Crippen LogP contribution >= 0.6 is 0 Å². The van der Waals surface area contributed by atoms with Crippen molar-refractivity contribution in [1.82, 2.24) is 10.2 Å². The lowest BCUT2D eigenvalue weighted by Gasteiger charge is -2.36. The van der Waals surface area contributed by atoms with E-state index in [1.165, 1.54) is 45.4 Å². The summed E-state index contributed by atoms with van der Waals surface area (Å²) in [5, 5.41) is 3.59. The van der Waals surface area contributed by atoms with Crippen molar-refractivity contribution in [2.75, 3.05) is 26.2 Å². The van der Waals surface area contributed by atoms with E-state index in [4.69, 9.17) is 0 Å². The molecule has 0 aromatic rings. The first-order valence-corrected chi connectivity index (χ1v) is 6.62. The van der Waals surface area contributed by atoms with Gasteiger partial charge in [0.2, 0.25) is 0 Å². The monoisotopic (exact) mass is 210 g/mol. The molecule has 2 fully saturated rings. The van der Waals surface area contributed by atoms with Crippen LogP contribution < -0.4 is 5.32 Å². The molecule has 15 heavy (non-hydrogen) atoms. The average Bonchev–Trinajstić information content (AvgIpc) is 2.99. The smallest absolute Gasteiger partial charge is 0.0192 e. The third kappa shape index (κ3) is 2.54. The van der Waals surface area contributed by atoms with Crippen LogP contribution in [0.2, 0.25) is 0 Å². The van der Waals surface area contributed by atoms with E-state index in [2.05, 4.69) is 31.0 Å². The highest BCUT2D eigenvalue weighted by atomic mass is 15.2. The van der Waals surface area contributed by atoms with E-state index in [9.17, 15) is 0 Å². The number of nitrogens with zero attached hydrogens (tertiary/aromatic N) is 1. The topological polar surface area (TPSA) is 15.3 Å². The van der Waals surface area contributed by atoms with E-state index in [1.54, 1.807) is 0 Å². The molecule has 0 bridgehead atoms. The van der Waals surface area contributed by atoms with Crippen molar-refractivity contribution in [3.8, 4) is 0 Å². The Morgan fingerprint density at radius 2 is 2.13 bits per heavy atom. The molecule has 88 valence electrons. The van der Waals surface area contributed by atoms with Gasteiger partial charge in [-0.25, -0.2) is 0 Å². The molecule has 1 heterocycles. The standard InChI is InChI=1S/C13H26N2/c1-4-12-9-15(8-7-14-12)10-13(5-6-13)11(2)3/h11-12,14H,4-10H2,1-3H3. The molecule has 0 amide bonds. The van der Waals surface area contributed by atoms with Crippen LogP contribution in [0.15, 0.2) is 0 Å². The largest absolute Gasteiger partial charge is 0.311 e. The van der Waals surface area contributed by atoms with Crippen molar-refractivity contribution in [1.29, 1.82) is 0 Å². The lowest BCUT2D eigenvalue weighted by Crippen LogP contribution is -2.52. The lowest BCUT2D eigenvalue weighted by molar-refractivity contribution is 0.143. The first-order valence-electron chi connectivity index (χ1n) is 6.62. The maximum Gasteiger partial charge on any atom is 0.0192 e. The van der Waals surface area contributed by atoms with Crippen molar-refractivity contribution in [3.63, 3.8) is 0 Å². The Kier molecular flexibility index (Phi) is 3.36. The zero-order chi connectivity index (χ0) is 10.9. The molecule has 1 atom stereocenters. The second-order valence-corrected chi connectivity index (χ2v) is 5.81. The minimum absolute atomic E-state index is 0.690. The van der Waals surface area contributed by atoms with Gasteiger partial charge >= 0.3 is 0 Å². The molecule has 2 rings (SSSR count). The number of piperazine rings is 1. The molecule has 1 unspecified atom stereocenters. The Labute approximate surface area is 94.4 Å². The summed E-state index contributed by atoms with van der Waals surface area (Å²) in [5.41, 5.74) is 0.690. The number of rotatable bonds is 4. The third-order valence-corrected chi connectivity index (χ3v) is 4.49. The SMILES string of the molecule is CCC1CN(CC2(C(C)C)CC2)CCN1. The fraction of sp³-hybridized carbons (Fsp3) is 1.00. The zero-order valence-electron chi connectivity index (χ0n) is 10.6. The molecule has 1 N–H and O–H groups in total. The van der Waals surface area contributed by atoms with Crippen LogP contribution in [0.1, 0.15) is 40.0 Å². The van der Waals surface area contributed by atoms with Crippen LogP contribution in [0, 0.1) is 11.3 Å². The Balaban J connectivity index is 1.84. The quantitative estimate of drug-likeness (QED) is 0.764. The van der Waals surface area contributed by atoms with Gasteiger partial charge in [0.15, 0.2) is 0 Å². The molecule has 2 nitrogen and oxygen atoms in total. The molecule has 2 aliphatic rings. The van der Waals surface area contributed by atoms with Crippen LogP contribution in [0.5, 0.6) is 0 Å². The van der Waals surface area contributed by atoms with Crippen LogP contribution in [-0.4, -0.2) is 37.1 Å². The summed E-state index contributed by atoms with van der Waals surface area (Å²) in [4.78, 5) is 2.69. The van der Waals surface area contributed by atoms with Crippen molar-refractivity contribution in [2.24, 2.45) is 11.3 Å². The fourth-order valence-corrected chi connectivity index (χ4v) is 2.84. The molecule has 0 radical (unpaired) electrons.